The molecule has 6 heteroatoms. The van der Waals surface area contributed by atoms with Crippen molar-refractivity contribution in [1.29, 1.82) is 0 Å². The topological polar surface area (TPSA) is 66.5 Å². The molecule has 1 amide bonds. The maximum Gasteiger partial charge on any atom is 0.235 e. The first-order valence-electron chi connectivity index (χ1n) is 8.23. The maximum absolute atomic E-state index is 12.1. The Hall–Kier alpha value is -1.40. The standard InChI is InChI=1S/C17H26N2O3S/c1-23(21,22)19(13-7-10-15-8-3-2-4-9-15)14-17(20)18-16-11-5-6-12-16/h2-4,8-9,16H,5-7,10-14H2,1H3,(H,18,20). The SMILES string of the molecule is CS(=O)(=O)N(CCCc1ccccc1)CC(=O)NC1CCCC1. The molecule has 0 spiro atoms. The van der Waals surface area contributed by atoms with Gasteiger partial charge in [-0.15, -0.1) is 0 Å². The lowest BCUT2D eigenvalue weighted by molar-refractivity contribution is -0.122. The van der Waals surface area contributed by atoms with Crippen LogP contribution in [0.4, 0.5) is 0 Å². The molecule has 0 saturated heterocycles. The molecule has 0 bridgehead atoms. The van der Waals surface area contributed by atoms with Gasteiger partial charge >= 0.3 is 0 Å². The van der Waals surface area contributed by atoms with Gasteiger partial charge in [0.1, 0.15) is 0 Å². The number of nitrogens with zero attached hydrogens (tertiary/aromatic N) is 1. The summed E-state index contributed by atoms with van der Waals surface area (Å²) < 4.78 is 25.1. The van der Waals surface area contributed by atoms with Crippen molar-refractivity contribution in [3.63, 3.8) is 0 Å². The minimum atomic E-state index is -3.38. The van der Waals surface area contributed by atoms with Crippen LogP contribution in [0.2, 0.25) is 0 Å². The van der Waals surface area contributed by atoms with Crippen LogP contribution in [-0.2, 0) is 21.2 Å². The number of hydrogen-bond acceptors (Lipinski definition) is 3. The Kier molecular flexibility index (Phi) is 6.59. The number of hydrogen-bond donors (Lipinski definition) is 1. The van der Waals surface area contributed by atoms with Gasteiger partial charge in [-0.25, -0.2) is 8.42 Å². The zero-order valence-electron chi connectivity index (χ0n) is 13.7. The molecule has 0 aromatic heterocycles. The third kappa shape index (κ3) is 6.31. The number of rotatable bonds is 8. The van der Waals surface area contributed by atoms with Gasteiger partial charge in [-0.2, -0.15) is 4.31 Å². The van der Waals surface area contributed by atoms with E-state index in [0.29, 0.717) is 13.0 Å². The van der Waals surface area contributed by atoms with Crippen LogP contribution in [0.15, 0.2) is 30.3 Å². The molecule has 1 N–H and O–H groups in total. The highest BCUT2D eigenvalue weighted by atomic mass is 32.2. The number of aryl methyl sites for hydroxylation is 1. The second-order valence-corrected chi connectivity index (χ2v) is 8.22. The second kappa shape index (κ2) is 8.45. The van der Waals surface area contributed by atoms with Gasteiger partial charge < -0.3 is 5.32 Å². The number of carbonyl (C=O) groups is 1. The van der Waals surface area contributed by atoms with Crippen LogP contribution in [0, 0.1) is 0 Å². The van der Waals surface area contributed by atoms with Crippen LogP contribution in [-0.4, -0.2) is 44.0 Å². The van der Waals surface area contributed by atoms with E-state index in [1.807, 2.05) is 30.3 Å². The smallest absolute Gasteiger partial charge is 0.235 e. The predicted octanol–water partition coefficient (Wildman–Crippen LogP) is 1.94. The molecule has 1 aliphatic rings. The van der Waals surface area contributed by atoms with Crippen LogP contribution in [0.3, 0.4) is 0 Å². The lowest BCUT2D eigenvalue weighted by atomic mass is 10.1. The van der Waals surface area contributed by atoms with Gasteiger partial charge in [-0.3, -0.25) is 4.79 Å². The van der Waals surface area contributed by atoms with E-state index in [0.717, 1.165) is 32.1 Å². The van der Waals surface area contributed by atoms with E-state index in [2.05, 4.69) is 5.32 Å². The predicted molar refractivity (Wildman–Crippen MR) is 91.6 cm³/mol. The van der Waals surface area contributed by atoms with Crippen molar-refractivity contribution in [3.8, 4) is 0 Å². The minimum absolute atomic E-state index is 0.0792. The number of carbonyl (C=O) groups excluding carboxylic acids is 1. The first kappa shape index (κ1) is 17.9. The van der Waals surface area contributed by atoms with Crippen LogP contribution >= 0.6 is 0 Å². The van der Waals surface area contributed by atoms with Gasteiger partial charge in [0.05, 0.1) is 12.8 Å². The molecule has 1 aliphatic carbocycles. The molecule has 1 aromatic carbocycles. The Morgan fingerprint density at radius 3 is 2.48 bits per heavy atom. The van der Waals surface area contributed by atoms with Gasteiger partial charge in [0.25, 0.3) is 0 Å². The number of amides is 1. The molecule has 0 radical (unpaired) electrons. The number of nitrogens with one attached hydrogen (secondary N) is 1. The number of benzene rings is 1. The fourth-order valence-corrected chi connectivity index (χ4v) is 3.78. The van der Waals surface area contributed by atoms with Gasteiger partial charge in [-0.1, -0.05) is 43.2 Å². The maximum atomic E-state index is 12.1. The summed E-state index contributed by atoms with van der Waals surface area (Å²) in [4.78, 5) is 12.1. The average Bonchev–Trinajstić information content (AvgIpc) is 2.99. The van der Waals surface area contributed by atoms with E-state index in [4.69, 9.17) is 0 Å². The van der Waals surface area contributed by atoms with E-state index in [1.165, 1.54) is 16.1 Å². The molecule has 23 heavy (non-hydrogen) atoms. The summed E-state index contributed by atoms with van der Waals surface area (Å²) in [7, 11) is -3.38. The summed E-state index contributed by atoms with van der Waals surface area (Å²) in [6.45, 7) is 0.288. The molecule has 0 unspecified atom stereocenters. The summed E-state index contributed by atoms with van der Waals surface area (Å²) >= 11 is 0. The Bertz CT molecular complexity index is 596. The fraction of sp³-hybridized carbons (Fsp3) is 0.588. The Labute approximate surface area is 139 Å². The summed E-state index contributed by atoms with van der Waals surface area (Å²) in [6.07, 6.45) is 6.94. The first-order valence-corrected chi connectivity index (χ1v) is 10.1. The Morgan fingerprint density at radius 1 is 1.22 bits per heavy atom. The van der Waals surface area contributed by atoms with Crippen molar-refractivity contribution < 1.29 is 13.2 Å². The van der Waals surface area contributed by atoms with Crippen molar-refractivity contribution >= 4 is 15.9 Å². The molecule has 2 rings (SSSR count). The van der Waals surface area contributed by atoms with Crippen molar-refractivity contribution in [3.05, 3.63) is 35.9 Å². The van der Waals surface area contributed by atoms with E-state index in [-0.39, 0.29) is 18.5 Å². The highest BCUT2D eigenvalue weighted by Gasteiger charge is 2.22. The molecule has 1 fully saturated rings. The zero-order valence-corrected chi connectivity index (χ0v) is 14.5. The average molecular weight is 338 g/mol. The minimum Gasteiger partial charge on any atom is -0.352 e. The molecule has 1 saturated carbocycles. The Balaban J connectivity index is 1.83. The third-order valence-corrected chi connectivity index (χ3v) is 5.47. The monoisotopic (exact) mass is 338 g/mol. The van der Waals surface area contributed by atoms with Gasteiger partial charge in [0.15, 0.2) is 0 Å². The second-order valence-electron chi connectivity index (χ2n) is 6.23. The van der Waals surface area contributed by atoms with E-state index in [1.54, 1.807) is 0 Å². The lowest BCUT2D eigenvalue weighted by Gasteiger charge is -2.21. The van der Waals surface area contributed by atoms with E-state index >= 15 is 0 Å². The lowest BCUT2D eigenvalue weighted by Crippen LogP contribution is -2.43. The van der Waals surface area contributed by atoms with E-state index < -0.39 is 10.0 Å². The molecular formula is C17H26N2O3S. The summed E-state index contributed by atoms with van der Waals surface area (Å²) in [5.41, 5.74) is 1.18. The largest absolute Gasteiger partial charge is 0.352 e. The summed E-state index contributed by atoms with van der Waals surface area (Å²) in [5, 5.41) is 2.94. The quantitative estimate of drug-likeness (QED) is 0.788. The van der Waals surface area contributed by atoms with Crippen LogP contribution < -0.4 is 5.32 Å². The third-order valence-electron chi connectivity index (χ3n) is 4.23. The molecular weight excluding hydrogens is 312 g/mol. The van der Waals surface area contributed by atoms with Crippen LogP contribution in [0.5, 0.6) is 0 Å². The van der Waals surface area contributed by atoms with Crippen molar-refractivity contribution in [2.75, 3.05) is 19.3 Å². The number of sulfonamides is 1. The van der Waals surface area contributed by atoms with Crippen molar-refractivity contribution in [2.45, 2.75) is 44.6 Å². The van der Waals surface area contributed by atoms with Gasteiger partial charge in [-0.05, 0) is 31.2 Å². The normalized spacial score (nSPS) is 15.9. The zero-order chi connectivity index (χ0) is 16.7. The van der Waals surface area contributed by atoms with Gasteiger partial charge in [0, 0.05) is 12.6 Å². The molecule has 128 valence electrons. The van der Waals surface area contributed by atoms with Crippen LogP contribution in [0.1, 0.15) is 37.7 Å². The molecule has 0 atom stereocenters. The fourth-order valence-electron chi connectivity index (χ4n) is 2.97. The molecule has 5 nitrogen and oxygen atoms in total. The molecule has 0 aliphatic heterocycles. The summed E-state index contributed by atoms with van der Waals surface area (Å²) in [6, 6.07) is 10.2. The van der Waals surface area contributed by atoms with Crippen molar-refractivity contribution in [2.24, 2.45) is 0 Å². The Morgan fingerprint density at radius 2 is 1.87 bits per heavy atom. The first-order chi connectivity index (χ1) is 10.9. The van der Waals surface area contributed by atoms with Gasteiger partial charge in [0.2, 0.25) is 15.9 Å². The summed E-state index contributed by atoms with van der Waals surface area (Å²) in [5.74, 6) is -0.193. The van der Waals surface area contributed by atoms with E-state index in [9.17, 15) is 13.2 Å². The molecule has 0 heterocycles. The van der Waals surface area contributed by atoms with Crippen molar-refractivity contribution in [1.82, 2.24) is 9.62 Å². The highest BCUT2D eigenvalue weighted by molar-refractivity contribution is 7.88. The molecule has 1 aromatic rings. The highest BCUT2D eigenvalue weighted by Crippen LogP contribution is 2.17. The van der Waals surface area contributed by atoms with Crippen LogP contribution in [0.25, 0.3) is 0 Å².